The molecule has 1 rings (SSSR count). The van der Waals surface area contributed by atoms with Crippen molar-refractivity contribution in [1.82, 2.24) is 9.97 Å². The topological polar surface area (TPSA) is 41.1 Å². The lowest BCUT2D eigenvalue weighted by Crippen LogP contribution is -2.40. The Morgan fingerprint density at radius 3 is 2.40 bits per heavy atom. The molecule has 114 valence electrons. The lowest BCUT2D eigenvalue weighted by atomic mass is 9.87. The maximum atomic E-state index is 4.71. The van der Waals surface area contributed by atoms with Crippen molar-refractivity contribution in [3.63, 3.8) is 0 Å². The van der Waals surface area contributed by atoms with E-state index in [2.05, 4.69) is 63.8 Å². The standard InChI is InChI=1S/C16H30N4/c1-8-10-13-18-14(17-9-2)11-15(19-13)20(7)12(3)16(4,5)6/h11-12H,8-10H2,1-7H3,(H,17,18,19). The third kappa shape index (κ3) is 4.36. The molecule has 1 N–H and O–H groups in total. The number of hydrogen-bond donors (Lipinski definition) is 1. The van der Waals surface area contributed by atoms with E-state index in [4.69, 9.17) is 4.98 Å². The Balaban J connectivity index is 3.08. The molecule has 20 heavy (non-hydrogen) atoms. The average molecular weight is 278 g/mol. The van der Waals surface area contributed by atoms with Gasteiger partial charge in [0.1, 0.15) is 17.5 Å². The van der Waals surface area contributed by atoms with Crippen molar-refractivity contribution >= 4 is 11.6 Å². The molecule has 4 heteroatoms. The van der Waals surface area contributed by atoms with Gasteiger partial charge < -0.3 is 10.2 Å². The Bertz CT molecular complexity index is 399. The highest BCUT2D eigenvalue weighted by Crippen LogP contribution is 2.27. The normalized spacial score (nSPS) is 13.2. The molecule has 4 nitrogen and oxygen atoms in total. The predicted octanol–water partition coefficient (Wildman–Crippen LogP) is 3.73. The van der Waals surface area contributed by atoms with Crippen LogP contribution in [0.1, 0.15) is 53.8 Å². The minimum Gasteiger partial charge on any atom is -0.370 e. The van der Waals surface area contributed by atoms with Crippen LogP contribution in [0.25, 0.3) is 0 Å². The fourth-order valence-electron chi connectivity index (χ4n) is 2.05. The van der Waals surface area contributed by atoms with Crippen LogP contribution in [-0.2, 0) is 6.42 Å². The van der Waals surface area contributed by atoms with Crippen molar-refractivity contribution < 1.29 is 0 Å². The fourth-order valence-corrected chi connectivity index (χ4v) is 2.05. The van der Waals surface area contributed by atoms with Gasteiger partial charge in [-0.05, 0) is 25.7 Å². The number of nitrogens with zero attached hydrogens (tertiary/aromatic N) is 3. The Morgan fingerprint density at radius 2 is 1.90 bits per heavy atom. The Labute approximate surface area is 124 Å². The number of aromatic nitrogens is 2. The summed E-state index contributed by atoms with van der Waals surface area (Å²) in [5, 5.41) is 3.30. The molecule has 0 aliphatic carbocycles. The van der Waals surface area contributed by atoms with E-state index in [1.165, 1.54) is 0 Å². The van der Waals surface area contributed by atoms with E-state index in [-0.39, 0.29) is 5.41 Å². The summed E-state index contributed by atoms with van der Waals surface area (Å²) in [6.07, 6.45) is 1.98. The van der Waals surface area contributed by atoms with Crippen LogP contribution in [0.15, 0.2) is 6.07 Å². The predicted molar refractivity (Wildman–Crippen MR) is 87.5 cm³/mol. The molecule has 0 radical (unpaired) electrons. The van der Waals surface area contributed by atoms with Crippen molar-refractivity contribution in [3.8, 4) is 0 Å². The van der Waals surface area contributed by atoms with Gasteiger partial charge in [-0.15, -0.1) is 0 Å². The third-order valence-corrected chi connectivity index (χ3v) is 3.79. The summed E-state index contributed by atoms with van der Waals surface area (Å²) < 4.78 is 0. The van der Waals surface area contributed by atoms with Gasteiger partial charge in [-0.25, -0.2) is 9.97 Å². The van der Waals surface area contributed by atoms with Gasteiger partial charge >= 0.3 is 0 Å². The van der Waals surface area contributed by atoms with Crippen LogP contribution in [0.2, 0.25) is 0 Å². The minimum atomic E-state index is 0.211. The van der Waals surface area contributed by atoms with E-state index in [9.17, 15) is 0 Å². The van der Waals surface area contributed by atoms with Crippen molar-refractivity contribution in [3.05, 3.63) is 11.9 Å². The lowest BCUT2D eigenvalue weighted by Gasteiger charge is -2.36. The van der Waals surface area contributed by atoms with Gasteiger partial charge in [-0.1, -0.05) is 27.7 Å². The number of anilines is 2. The van der Waals surface area contributed by atoms with Gasteiger partial charge in [0.25, 0.3) is 0 Å². The Hall–Kier alpha value is -1.32. The second kappa shape index (κ2) is 6.91. The molecule has 1 unspecified atom stereocenters. The van der Waals surface area contributed by atoms with E-state index < -0.39 is 0 Å². The summed E-state index contributed by atoms with van der Waals surface area (Å²) in [6.45, 7) is 14.1. The quantitative estimate of drug-likeness (QED) is 0.861. The summed E-state index contributed by atoms with van der Waals surface area (Å²) >= 11 is 0. The van der Waals surface area contributed by atoms with Gasteiger partial charge in [0.2, 0.25) is 0 Å². The molecule has 0 saturated carbocycles. The van der Waals surface area contributed by atoms with Crippen molar-refractivity contribution in [1.29, 1.82) is 0 Å². The summed E-state index contributed by atoms with van der Waals surface area (Å²) in [7, 11) is 2.11. The van der Waals surface area contributed by atoms with Gasteiger partial charge in [0.05, 0.1) is 0 Å². The molecule has 1 aromatic heterocycles. The first kappa shape index (κ1) is 16.7. The molecule has 1 heterocycles. The molecule has 0 aliphatic rings. The van der Waals surface area contributed by atoms with Gasteiger partial charge in [0, 0.05) is 32.1 Å². The van der Waals surface area contributed by atoms with Crippen LogP contribution in [0.4, 0.5) is 11.6 Å². The van der Waals surface area contributed by atoms with Crippen LogP contribution in [0.3, 0.4) is 0 Å². The first-order valence-corrected chi connectivity index (χ1v) is 7.64. The Morgan fingerprint density at radius 1 is 1.25 bits per heavy atom. The average Bonchev–Trinajstić information content (AvgIpc) is 2.36. The fraction of sp³-hybridized carbons (Fsp3) is 0.750. The zero-order chi connectivity index (χ0) is 15.3. The van der Waals surface area contributed by atoms with Crippen LogP contribution in [0.5, 0.6) is 0 Å². The van der Waals surface area contributed by atoms with E-state index in [0.717, 1.165) is 36.8 Å². The summed E-state index contributed by atoms with van der Waals surface area (Å²) in [6, 6.07) is 2.45. The highest BCUT2D eigenvalue weighted by Gasteiger charge is 2.25. The number of rotatable bonds is 6. The third-order valence-electron chi connectivity index (χ3n) is 3.79. The molecule has 1 atom stereocenters. The molecular weight excluding hydrogens is 248 g/mol. The van der Waals surface area contributed by atoms with Crippen LogP contribution < -0.4 is 10.2 Å². The van der Waals surface area contributed by atoms with Crippen LogP contribution in [-0.4, -0.2) is 29.6 Å². The lowest BCUT2D eigenvalue weighted by molar-refractivity contribution is 0.328. The number of hydrogen-bond acceptors (Lipinski definition) is 4. The van der Waals surface area contributed by atoms with Gasteiger partial charge in [-0.3, -0.25) is 0 Å². The second-order valence-electron chi connectivity index (χ2n) is 6.46. The molecule has 0 amide bonds. The minimum absolute atomic E-state index is 0.211. The first-order valence-electron chi connectivity index (χ1n) is 7.64. The summed E-state index contributed by atoms with van der Waals surface area (Å²) in [5.74, 6) is 2.85. The second-order valence-corrected chi connectivity index (χ2v) is 6.46. The number of aryl methyl sites for hydroxylation is 1. The highest BCUT2D eigenvalue weighted by atomic mass is 15.2. The molecule has 1 aromatic rings. The van der Waals surface area contributed by atoms with E-state index in [0.29, 0.717) is 6.04 Å². The maximum Gasteiger partial charge on any atom is 0.134 e. The number of nitrogens with one attached hydrogen (secondary N) is 1. The monoisotopic (exact) mass is 278 g/mol. The molecule has 0 saturated heterocycles. The molecule has 0 spiro atoms. The zero-order valence-corrected chi connectivity index (χ0v) is 14.1. The molecule has 0 fully saturated rings. The largest absolute Gasteiger partial charge is 0.370 e. The van der Waals surface area contributed by atoms with Gasteiger partial charge in [-0.2, -0.15) is 0 Å². The molecule has 0 bridgehead atoms. The van der Waals surface area contributed by atoms with E-state index in [1.807, 2.05) is 6.07 Å². The molecular formula is C16H30N4. The van der Waals surface area contributed by atoms with Crippen LogP contribution in [0, 0.1) is 5.41 Å². The van der Waals surface area contributed by atoms with E-state index in [1.54, 1.807) is 0 Å². The summed E-state index contributed by atoms with van der Waals surface area (Å²) in [4.78, 5) is 11.5. The van der Waals surface area contributed by atoms with Crippen molar-refractivity contribution in [2.75, 3.05) is 23.8 Å². The molecule has 0 aliphatic heterocycles. The van der Waals surface area contributed by atoms with Crippen molar-refractivity contribution in [2.45, 2.75) is 60.4 Å². The maximum absolute atomic E-state index is 4.71. The first-order chi connectivity index (χ1) is 9.29. The SMILES string of the molecule is CCCc1nc(NCC)cc(N(C)C(C)C(C)(C)C)n1. The summed E-state index contributed by atoms with van der Waals surface area (Å²) in [5.41, 5.74) is 0.211. The van der Waals surface area contributed by atoms with Crippen molar-refractivity contribution in [2.24, 2.45) is 5.41 Å². The zero-order valence-electron chi connectivity index (χ0n) is 14.1. The van der Waals surface area contributed by atoms with E-state index >= 15 is 0 Å². The highest BCUT2D eigenvalue weighted by molar-refractivity contribution is 5.49. The smallest absolute Gasteiger partial charge is 0.134 e. The Kier molecular flexibility index (Phi) is 5.78. The molecule has 0 aromatic carbocycles. The van der Waals surface area contributed by atoms with Gasteiger partial charge in [0.15, 0.2) is 0 Å². The van der Waals surface area contributed by atoms with Crippen LogP contribution >= 0.6 is 0 Å².